The fourth-order valence-corrected chi connectivity index (χ4v) is 6.74. The first kappa shape index (κ1) is 16.6. The molecule has 6 unspecified atom stereocenters. The van der Waals surface area contributed by atoms with Crippen LogP contribution >= 0.6 is 40.0 Å². The molecule has 0 N–H and O–H groups in total. The summed E-state index contributed by atoms with van der Waals surface area (Å²) in [4.78, 5) is 0. The third-order valence-corrected chi connectivity index (χ3v) is 6.94. The van der Waals surface area contributed by atoms with Gasteiger partial charge >= 0.3 is 49.4 Å². The molecular formula is C17H26I2V. The molecule has 20 heavy (non-hydrogen) atoms. The van der Waals surface area contributed by atoms with E-state index in [2.05, 4.69) is 79.8 Å². The molecule has 0 radical (unpaired) electrons. The van der Waals surface area contributed by atoms with Gasteiger partial charge in [-0.05, 0) is 65.6 Å². The SMILES string of the molecule is CC1(C)CC(C)(C)C2CC1C1C3C=CC(C3)C12.[I][V][I]. The Labute approximate surface area is 153 Å². The van der Waals surface area contributed by atoms with E-state index in [1.165, 1.54) is 19.3 Å². The van der Waals surface area contributed by atoms with Gasteiger partial charge in [-0.2, -0.15) is 0 Å². The van der Waals surface area contributed by atoms with E-state index < -0.39 is 0 Å². The molecule has 3 heteroatoms. The number of fused-ring (bicyclic) bond motifs is 9. The molecular weight excluding hydrogens is 509 g/mol. The molecule has 0 aromatic rings. The maximum absolute atomic E-state index is 2.57. The van der Waals surface area contributed by atoms with Crippen LogP contribution in [-0.4, -0.2) is 0 Å². The predicted molar refractivity (Wildman–Crippen MR) is 99.5 cm³/mol. The number of hydrogen-bond acceptors (Lipinski definition) is 0. The van der Waals surface area contributed by atoms with E-state index in [4.69, 9.17) is 0 Å². The summed E-state index contributed by atoms with van der Waals surface area (Å²) in [5.41, 5.74) is 1.16. The molecule has 113 valence electrons. The molecule has 0 saturated heterocycles. The van der Waals surface area contributed by atoms with Crippen molar-refractivity contribution in [1.29, 1.82) is 0 Å². The van der Waals surface area contributed by atoms with E-state index in [0.717, 1.165) is 35.5 Å². The Morgan fingerprint density at radius 2 is 1.25 bits per heavy atom. The van der Waals surface area contributed by atoms with Gasteiger partial charge in [-0.3, -0.25) is 0 Å². The number of allylic oxidation sites excluding steroid dienone is 2. The fraction of sp³-hybridized carbons (Fsp3) is 0.882. The standard InChI is InChI=1S/C17H26.2HI.V/c1-16(2)9-17(3,4)13-8-12(16)14-10-5-6-11(7-10)15(13)14;;;/h5-6,10-15H,7-9H2,1-4H3;2*1H;/q;;;+2/p-2. The Hall–Kier alpha value is 1.78. The first-order valence-corrected chi connectivity index (χ1v) is 16.9. The Bertz CT molecular complexity index is 381. The Kier molecular flexibility index (Phi) is 4.74. The molecule has 0 spiro atoms. The number of rotatable bonds is 0. The predicted octanol–water partition coefficient (Wildman–Crippen LogP) is 6.29. The van der Waals surface area contributed by atoms with Crippen molar-refractivity contribution in [3.63, 3.8) is 0 Å². The summed E-state index contributed by atoms with van der Waals surface area (Å²) >= 11 is 4.74. The third kappa shape index (κ3) is 2.51. The van der Waals surface area contributed by atoms with E-state index in [1.807, 2.05) is 0 Å². The van der Waals surface area contributed by atoms with E-state index in [0.29, 0.717) is 20.3 Å². The minimum atomic E-state index is 0.581. The van der Waals surface area contributed by atoms with Crippen molar-refractivity contribution in [2.75, 3.05) is 0 Å². The van der Waals surface area contributed by atoms with Gasteiger partial charge in [-0.15, -0.1) is 0 Å². The van der Waals surface area contributed by atoms with Gasteiger partial charge in [0.2, 0.25) is 0 Å². The van der Waals surface area contributed by atoms with Crippen LogP contribution < -0.4 is 0 Å². The normalized spacial score (nSPS) is 48.5. The Balaban J connectivity index is 0.000000373. The number of halogens is 2. The molecule has 0 heterocycles. The molecule has 0 amide bonds. The molecule has 0 aliphatic heterocycles. The van der Waals surface area contributed by atoms with Crippen LogP contribution in [0, 0.1) is 46.3 Å². The molecule has 4 aliphatic rings. The van der Waals surface area contributed by atoms with Crippen molar-refractivity contribution in [1.82, 2.24) is 0 Å². The summed E-state index contributed by atoms with van der Waals surface area (Å²) in [5, 5.41) is 0. The molecule has 0 aromatic carbocycles. The van der Waals surface area contributed by atoms with Crippen molar-refractivity contribution in [2.24, 2.45) is 46.3 Å². The van der Waals surface area contributed by atoms with Gasteiger partial charge < -0.3 is 0 Å². The summed E-state index contributed by atoms with van der Waals surface area (Å²) in [6, 6.07) is 0. The summed E-state index contributed by atoms with van der Waals surface area (Å²) in [7, 11) is 0.628. The zero-order chi connectivity index (χ0) is 14.7. The van der Waals surface area contributed by atoms with Crippen LogP contribution in [0.25, 0.3) is 0 Å². The van der Waals surface area contributed by atoms with Crippen LogP contribution in [0.4, 0.5) is 0 Å². The van der Waals surface area contributed by atoms with Crippen LogP contribution in [0.3, 0.4) is 0 Å². The van der Waals surface area contributed by atoms with Crippen molar-refractivity contribution in [3.8, 4) is 0 Å². The third-order valence-electron chi connectivity index (χ3n) is 6.94. The maximum atomic E-state index is 2.57. The molecule has 0 aromatic heterocycles. The van der Waals surface area contributed by atoms with Gasteiger partial charge in [0.1, 0.15) is 0 Å². The molecule has 0 nitrogen and oxygen atoms in total. The zero-order valence-electron chi connectivity index (χ0n) is 12.9. The van der Waals surface area contributed by atoms with Gasteiger partial charge in [0.15, 0.2) is 0 Å². The zero-order valence-corrected chi connectivity index (χ0v) is 18.7. The van der Waals surface area contributed by atoms with Gasteiger partial charge in [-0.1, -0.05) is 39.8 Å². The van der Waals surface area contributed by atoms with Crippen LogP contribution in [0.1, 0.15) is 47.0 Å². The monoisotopic (exact) mass is 535 g/mol. The molecule has 4 bridgehead atoms. The molecule has 3 saturated carbocycles. The summed E-state index contributed by atoms with van der Waals surface area (Å²) < 4.78 is 0. The van der Waals surface area contributed by atoms with Crippen molar-refractivity contribution in [3.05, 3.63) is 12.2 Å². The van der Waals surface area contributed by atoms with Gasteiger partial charge in [0.05, 0.1) is 0 Å². The number of hydrogen-bond donors (Lipinski definition) is 0. The summed E-state index contributed by atoms with van der Waals surface area (Å²) in [6.07, 6.45) is 9.60. The van der Waals surface area contributed by atoms with Crippen molar-refractivity contribution in [2.45, 2.75) is 47.0 Å². The molecule has 3 fully saturated rings. The van der Waals surface area contributed by atoms with Gasteiger partial charge in [0, 0.05) is 0 Å². The second-order valence-electron chi connectivity index (χ2n) is 8.77. The van der Waals surface area contributed by atoms with Crippen LogP contribution in [-0.2, 0) is 9.47 Å². The van der Waals surface area contributed by atoms with Crippen molar-refractivity contribution < 1.29 is 9.47 Å². The second kappa shape index (κ2) is 5.70. The van der Waals surface area contributed by atoms with Gasteiger partial charge in [-0.25, -0.2) is 0 Å². The Morgan fingerprint density at radius 1 is 0.850 bits per heavy atom. The van der Waals surface area contributed by atoms with Crippen molar-refractivity contribution >= 4 is 40.0 Å². The van der Waals surface area contributed by atoms with E-state index in [-0.39, 0.29) is 0 Å². The van der Waals surface area contributed by atoms with Crippen LogP contribution in [0.2, 0.25) is 0 Å². The van der Waals surface area contributed by atoms with Gasteiger partial charge in [0.25, 0.3) is 0 Å². The van der Waals surface area contributed by atoms with E-state index in [1.54, 1.807) is 0 Å². The van der Waals surface area contributed by atoms with E-state index >= 15 is 0 Å². The van der Waals surface area contributed by atoms with Crippen LogP contribution in [0.15, 0.2) is 12.2 Å². The first-order valence-electron chi connectivity index (χ1n) is 7.92. The topological polar surface area (TPSA) is 0 Å². The average Bonchev–Trinajstić information content (AvgIpc) is 2.98. The van der Waals surface area contributed by atoms with Crippen LogP contribution in [0.5, 0.6) is 0 Å². The summed E-state index contributed by atoms with van der Waals surface area (Å²) in [6.45, 7) is 10.2. The quantitative estimate of drug-likeness (QED) is 0.195. The summed E-state index contributed by atoms with van der Waals surface area (Å²) in [5.74, 6) is 6.04. The first-order chi connectivity index (χ1) is 9.31. The van der Waals surface area contributed by atoms with E-state index in [9.17, 15) is 0 Å². The molecule has 4 aliphatic carbocycles. The Morgan fingerprint density at radius 3 is 1.65 bits per heavy atom. The fourth-order valence-electron chi connectivity index (χ4n) is 6.74. The minimum absolute atomic E-state index is 0.581. The molecule has 4 rings (SSSR count). The second-order valence-corrected chi connectivity index (χ2v) is 20.6. The molecule has 6 atom stereocenters. The average molecular weight is 535 g/mol.